The van der Waals surface area contributed by atoms with E-state index >= 15 is 0 Å². The summed E-state index contributed by atoms with van der Waals surface area (Å²) in [7, 11) is 0. The highest BCUT2D eigenvalue weighted by atomic mass is 16.2. The quantitative estimate of drug-likeness (QED) is 0.0269. The molecule has 0 aliphatic rings. The average molecular weight is 1770 g/mol. The molecule has 0 aliphatic heterocycles. The number of carbonyl (C=O) groups excluding carboxylic acids is 14. The van der Waals surface area contributed by atoms with Gasteiger partial charge in [-0.25, -0.2) is 0 Å². The van der Waals surface area contributed by atoms with Crippen molar-refractivity contribution < 1.29 is 67.1 Å². The number of hydrogen-bond acceptors (Lipinski definition) is 30. The van der Waals surface area contributed by atoms with E-state index in [2.05, 4.69) is 84.3 Å². The Morgan fingerprint density at radius 2 is 0.323 bits per heavy atom. The lowest BCUT2D eigenvalue weighted by Crippen LogP contribution is -2.42. The van der Waals surface area contributed by atoms with Crippen LogP contribution in [0.3, 0.4) is 0 Å². The van der Waals surface area contributed by atoms with Gasteiger partial charge in [-0.05, 0) is 25.1 Å². The van der Waals surface area contributed by atoms with E-state index in [4.69, 9.17) is 45.9 Å². The molecule has 0 bridgehead atoms. The molecule has 0 fully saturated rings. The summed E-state index contributed by atoms with van der Waals surface area (Å²) in [4.78, 5) is 195. The Balaban J connectivity index is 3.38. The van der Waals surface area contributed by atoms with Gasteiger partial charge in [0.1, 0.15) is 0 Å². The summed E-state index contributed by atoms with van der Waals surface area (Å²) in [6.07, 6.45) is 6.30. The first kappa shape index (κ1) is 113. The van der Waals surface area contributed by atoms with Crippen molar-refractivity contribution in [3.63, 3.8) is 0 Å². The van der Waals surface area contributed by atoms with Crippen LogP contribution in [0.4, 0.5) is 0 Å². The fourth-order valence-corrected chi connectivity index (χ4v) is 12.3. The zero-order valence-corrected chi connectivity index (χ0v) is 73.9. The van der Waals surface area contributed by atoms with Crippen molar-refractivity contribution in [3.05, 3.63) is 24.5 Å². The van der Waals surface area contributed by atoms with Gasteiger partial charge in [-0.2, -0.15) is 0 Å². The van der Waals surface area contributed by atoms with Crippen molar-refractivity contribution in [1.29, 1.82) is 0 Å². The van der Waals surface area contributed by atoms with E-state index in [0.717, 1.165) is 19.5 Å². The van der Waals surface area contributed by atoms with E-state index in [9.17, 15) is 67.1 Å². The summed E-state index contributed by atoms with van der Waals surface area (Å²) in [6.45, 7) is 14.4. The second-order valence-corrected chi connectivity index (χ2v) is 29.6. The third-order valence-corrected chi connectivity index (χ3v) is 19.4. The summed E-state index contributed by atoms with van der Waals surface area (Å²) in [5.74, 6) is -3.29. The first-order chi connectivity index (χ1) is 60.0. The molecule has 0 aromatic carbocycles. The smallest absolute Gasteiger partial charge is 0.221 e. The number of amides is 14. The Labute approximate surface area is 733 Å². The summed E-state index contributed by atoms with van der Waals surface area (Å²) in [6, 6.07) is 3.93. The Kier molecular flexibility index (Phi) is 71.0. The maximum atomic E-state index is 13.8. The molecule has 45 heteroatoms. The molecule has 124 heavy (non-hydrogen) atoms. The van der Waals surface area contributed by atoms with Crippen LogP contribution in [0.25, 0.3) is 0 Å². The Hall–Kier alpha value is -8.78. The predicted octanol–water partition coefficient (Wildman–Crippen LogP) is -11.7. The molecule has 1 heterocycles. The van der Waals surface area contributed by atoms with Crippen LogP contribution >= 0.6 is 0 Å². The van der Waals surface area contributed by atoms with Gasteiger partial charge in [-0.3, -0.25) is 67.1 Å². The molecule has 1 rings (SSSR count). The number of aryl methyl sites for hydroxylation is 1. The number of nitrogens with zero attached hydrogens (tertiary/aromatic N) is 8. The van der Waals surface area contributed by atoms with Crippen LogP contribution in [0.5, 0.6) is 0 Å². The minimum Gasteiger partial charge on any atom is -0.355 e. The standard InChI is InChI=1S/C79H157N31O14/c80-18-27-89-66(111)4-47-105(48-5-67(112)90-28-19-81)60-36-99-76(121)14-55-109(56-15-77(122)100-37-61-106(49-6-68(113)91-29-20-82)50-7-69(114)92-30-21-83)64-40-97-74(119)12-45-104(59-35-88-26-3-44-103-42-1-2-43-103)46-13-75(120)98-41-65-110(57-16-78(123)101-38-62-107(51-8-70(115)93-31-22-84)52-9-71(116)94-32-23-85)58-17-79(124)102-39-63-108(53-10-72(117)95-33-24-86)54-11-73(118)96-34-25-87/h1-2,42-43,88H,3-41,44-65,80-87H2,(H,89,111)(H,90,112)(H,91,113)(H,92,114)(H,93,115)(H,94,116)(H,95,117)(H,96,118)(H,97,119)(H,98,120)(H,99,121)(H,100,122)(H,101,123)(H,102,124). The van der Waals surface area contributed by atoms with Crippen molar-refractivity contribution in [3.8, 4) is 0 Å². The van der Waals surface area contributed by atoms with Crippen LogP contribution in [0.2, 0.25) is 0 Å². The summed E-state index contributed by atoms with van der Waals surface area (Å²) in [5, 5.41) is 43.2. The number of rotatable bonds is 83. The highest BCUT2D eigenvalue weighted by Gasteiger charge is 2.21. The summed E-state index contributed by atoms with van der Waals surface area (Å²) < 4.78 is 2.09. The van der Waals surface area contributed by atoms with Crippen molar-refractivity contribution in [2.24, 2.45) is 45.9 Å². The molecule has 31 N–H and O–H groups in total. The molecular weight excluding hydrogens is 1610 g/mol. The number of nitrogens with two attached hydrogens (primary N) is 8. The Morgan fingerprint density at radius 1 is 0.185 bits per heavy atom. The molecule has 1 aromatic heterocycles. The highest BCUT2D eigenvalue weighted by Crippen LogP contribution is 2.05. The molecule has 0 saturated carbocycles. The molecule has 14 amide bonds. The van der Waals surface area contributed by atoms with E-state index < -0.39 is 0 Å². The second kappa shape index (κ2) is 77.8. The maximum absolute atomic E-state index is 13.8. The normalized spacial score (nSPS) is 11.3. The van der Waals surface area contributed by atoms with Crippen LogP contribution < -0.4 is 126 Å². The van der Waals surface area contributed by atoms with Crippen LogP contribution in [-0.4, -0.2) is 416 Å². The number of carbonyl (C=O) groups is 14. The molecule has 712 valence electrons. The van der Waals surface area contributed by atoms with Crippen LogP contribution in [-0.2, 0) is 73.7 Å². The molecule has 0 aliphatic carbocycles. The highest BCUT2D eigenvalue weighted by molar-refractivity contribution is 5.81. The average Bonchev–Trinajstić information content (AvgIpc) is 1.12. The van der Waals surface area contributed by atoms with Gasteiger partial charge in [-0.1, -0.05) is 0 Å². The molecular formula is C79H157N31O14. The van der Waals surface area contributed by atoms with Crippen molar-refractivity contribution >= 4 is 82.7 Å². The second-order valence-electron chi connectivity index (χ2n) is 29.6. The Morgan fingerprint density at radius 3 is 0.468 bits per heavy atom. The third-order valence-electron chi connectivity index (χ3n) is 19.4. The first-order valence-electron chi connectivity index (χ1n) is 44.2. The number of aromatic nitrogens is 1. The van der Waals surface area contributed by atoms with Gasteiger partial charge in [0.25, 0.3) is 0 Å². The van der Waals surface area contributed by atoms with E-state index in [1.54, 1.807) is 0 Å². The largest absolute Gasteiger partial charge is 0.355 e. The Bertz CT molecular complexity index is 2660. The van der Waals surface area contributed by atoms with Crippen molar-refractivity contribution in [1.82, 2.24) is 119 Å². The monoisotopic (exact) mass is 1760 g/mol. The lowest BCUT2D eigenvalue weighted by atomic mass is 10.2. The van der Waals surface area contributed by atoms with Crippen LogP contribution in [0.15, 0.2) is 24.5 Å². The first-order valence-corrected chi connectivity index (χ1v) is 44.2. The molecule has 0 radical (unpaired) electrons. The van der Waals surface area contributed by atoms with Crippen LogP contribution in [0, 0.1) is 0 Å². The van der Waals surface area contributed by atoms with Crippen LogP contribution in [0.1, 0.15) is 96.3 Å². The molecule has 1 aromatic rings. The minimum absolute atomic E-state index is 0.0271. The minimum atomic E-state index is -0.288. The maximum Gasteiger partial charge on any atom is 0.221 e. The van der Waals surface area contributed by atoms with E-state index in [1.807, 2.05) is 58.8 Å². The lowest BCUT2D eigenvalue weighted by Gasteiger charge is -2.25. The summed E-state index contributed by atoms with van der Waals surface area (Å²) >= 11 is 0. The van der Waals surface area contributed by atoms with Gasteiger partial charge in [0.15, 0.2) is 0 Å². The predicted molar refractivity (Wildman–Crippen MR) is 476 cm³/mol. The zero-order valence-electron chi connectivity index (χ0n) is 73.9. The molecule has 0 spiro atoms. The van der Waals surface area contributed by atoms with Gasteiger partial charge in [0, 0.05) is 397 Å². The van der Waals surface area contributed by atoms with Gasteiger partial charge in [0.05, 0.1) is 0 Å². The lowest BCUT2D eigenvalue weighted by molar-refractivity contribution is -0.123. The van der Waals surface area contributed by atoms with Gasteiger partial charge >= 0.3 is 0 Å². The van der Waals surface area contributed by atoms with E-state index in [0.29, 0.717) is 157 Å². The van der Waals surface area contributed by atoms with Gasteiger partial charge < -0.3 is 164 Å². The van der Waals surface area contributed by atoms with Crippen molar-refractivity contribution in [2.75, 3.05) is 295 Å². The number of nitrogens with one attached hydrogen (secondary N) is 15. The summed E-state index contributed by atoms with van der Waals surface area (Å²) in [5.41, 5.74) is 44.5. The fraction of sp³-hybridized carbons (Fsp3) is 0.772. The van der Waals surface area contributed by atoms with Gasteiger partial charge in [0.2, 0.25) is 82.7 Å². The topological polar surface area (TPSA) is 655 Å². The SMILES string of the molecule is NCCNC(=O)CCN(CCNC(=O)CCN(CCNC(=O)CCN(CCNCCCn1cccc1)CCC(=O)NCCN(CCC(=O)NCCN(CCC(=O)NCCN)CCC(=O)NCCN)CCC(=O)NCCN(CCC(=O)NCCN)CCC(=O)NCCN)CCC(=O)NCCN(CCC(=O)NCCN)CCC(=O)NCCN)CCC(=O)NCCN. The van der Waals surface area contributed by atoms with E-state index in [1.165, 1.54) is 0 Å². The molecule has 45 nitrogen and oxygen atoms in total. The van der Waals surface area contributed by atoms with Gasteiger partial charge in [-0.15, -0.1) is 0 Å². The third kappa shape index (κ3) is 67.6. The molecule has 0 atom stereocenters. The zero-order chi connectivity index (χ0) is 91.3. The molecule has 0 saturated heterocycles. The van der Waals surface area contributed by atoms with E-state index in [-0.39, 0.29) is 303 Å². The van der Waals surface area contributed by atoms with Crippen molar-refractivity contribution in [2.45, 2.75) is 103 Å². The fourth-order valence-electron chi connectivity index (χ4n) is 12.3. The number of hydrogen-bond donors (Lipinski definition) is 23. The molecule has 0 unspecified atom stereocenters.